The van der Waals surface area contributed by atoms with E-state index < -0.39 is 30.6 Å². The van der Waals surface area contributed by atoms with E-state index in [0.29, 0.717) is 5.02 Å². The summed E-state index contributed by atoms with van der Waals surface area (Å²) in [5, 5.41) is 12.4. The minimum Gasteiger partial charge on any atom is -0.480 e. The van der Waals surface area contributed by atoms with E-state index in [-0.39, 0.29) is 16.7 Å². The number of benzene rings is 1. The van der Waals surface area contributed by atoms with E-state index in [0.717, 1.165) is 0 Å². The smallest absolute Gasteiger partial charge is 0.344 e. The van der Waals surface area contributed by atoms with Crippen LogP contribution in [0.4, 0.5) is 0 Å². The van der Waals surface area contributed by atoms with Crippen LogP contribution < -0.4 is 10.1 Å². The Labute approximate surface area is 150 Å². The van der Waals surface area contributed by atoms with Crippen LogP contribution in [-0.2, 0) is 14.3 Å². The number of nitrogens with zero attached hydrogens (tertiary/aromatic N) is 1. The van der Waals surface area contributed by atoms with Gasteiger partial charge in [0.05, 0.1) is 11.1 Å². The molecule has 0 radical (unpaired) electrons. The van der Waals surface area contributed by atoms with Crippen molar-refractivity contribution < 1.29 is 19.1 Å². The van der Waals surface area contributed by atoms with Crippen molar-refractivity contribution in [1.29, 1.82) is 5.26 Å². The van der Waals surface area contributed by atoms with Crippen LogP contribution in [0.15, 0.2) is 18.2 Å². The maximum absolute atomic E-state index is 11.8. The summed E-state index contributed by atoms with van der Waals surface area (Å²) < 4.78 is 10.0. The van der Waals surface area contributed by atoms with Crippen LogP contribution in [0, 0.1) is 17.2 Å². The monoisotopic (exact) mass is 372 g/mol. The lowest BCUT2D eigenvalue weighted by atomic mass is 9.90. The highest BCUT2D eigenvalue weighted by atomic mass is 35.5. The third kappa shape index (κ3) is 5.91. The molecule has 0 spiro atoms. The zero-order chi connectivity index (χ0) is 18.3. The molecule has 0 bridgehead atoms. The number of rotatable bonds is 7. The van der Waals surface area contributed by atoms with Gasteiger partial charge >= 0.3 is 5.97 Å². The summed E-state index contributed by atoms with van der Waals surface area (Å²) in [6.45, 7) is 4.30. The first-order chi connectivity index (χ1) is 11.2. The van der Waals surface area contributed by atoms with E-state index in [1.807, 2.05) is 6.07 Å². The molecule has 1 aromatic carbocycles. The van der Waals surface area contributed by atoms with Crippen LogP contribution in [0.25, 0.3) is 0 Å². The molecule has 0 heterocycles. The molecule has 0 fully saturated rings. The Morgan fingerprint density at radius 3 is 2.54 bits per heavy atom. The molecule has 6 nitrogen and oxygen atoms in total. The highest BCUT2D eigenvalue weighted by molar-refractivity contribution is 6.35. The summed E-state index contributed by atoms with van der Waals surface area (Å²) in [6.07, 6.45) is 0. The molecule has 0 aromatic heterocycles. The number of carbonyl (C=O) groups excluding carboxylic acids is 2. The van der Waals surface area contributed by atoms with Gasteiger partial charge in [-0.05, 0) is 31.0 Å². The van der Waals surface area contributed by atoms with Gasteiger partial charge in [-0.25, -0.2) is 4.79 Å². The lowest BCUT2D eigenvalue weighted by Gasteiger charge is -2.27. The summed E-state index contributed by atoms with van der Waals surface area (Å²) in [6, 6.07) is 6.59. The number of hydrogen-bond acceptors (Lipinski definition) is 5. The second-order valence-corrected chi connectivity index (χ2v) is 6.38. The van der Waals surface area contributed by atoms with Gasteiger partial charge in [0.25, 0.3) is 5.91 Å². The Morgan fingerprint density at radius 2 is 2.00 bits per heavy atom. The molecule has 0 saturated carbocycles. The first-order valence-corrected chi connectivity index (χ1v) is 7.89. The number of nitriles is 1. The van der Waals surface area contributed by atoms with Gasteiger partial charge in [0.2, 0.25) is 0 Å². The van der Waals surface area contributed by atoms with Crippen LogP contribution >= 0.6 is 23.2 Å². The Balaban J connectivity index is 2.44. The predicted molar refractivity (Wildman–Crippen MR) is 89.9 cm³/mol. The van der Waals surface area contributed by atoms with Gasteiger partial charge in [0, 0.05) is 5.02 Å². The van der Waals surface area contributed by atoms with Crippen molar-refractivity contribution >= 4 is 35.1 Å². The normalized spacial score (nSPS) is 12.9. The van der Waals surface area contributed by atoms with E-state index in [4.69, 9.17) is 37.9 Å². The van der Waals surface area contributed by atoms with Crippen LogP contribution in [0.5, 0.6) is 5.75 Å². The second kappa shape index (κ2) is 8.76. The molecule has 0 aliphatic rings. The van der Waals surface area contributed by atoms with Gasteiger partial charge in [0.1, 0.15) is 11.3 Å². The Bertz CT molecular complexity index is 658. The van der Waals surface area contributed by atoms with Crippen molar-refractivity contribution in [3.8, 4) is 11.8 Å². The Hall–Kier alpha value is -1.97. The number of carbonyl (C=O) groups is 2. The van der Waals surface area contributed by atoms with Gasteiger partial charge in [-0.1, -0.05) is 37.0 Å². The largest absolute Gasteiger partial charge is 0.480 e. The molecule has 1 N–H and O–H groups in total. The number of halogens is 2. The maximum Gasteiger partial charge on any atom is 0.344 e. The van der Waals surface area contributed by atoms with Crippen LogP contribution in [0.2, 0.25) is 10.0 Å². The van der Waals surface area contributed by atoms with Crippen molar-refractivity contribution in [2.45, 2.75) is 26.3 Å². The molecule has 1 aromatic rings. The van der Waals surface area contributed by atoms with Gasteiger partial charge in [-0.2, -0.15) is 5.26 Å². The number of amides is 1. The van der Waals surface area contributed by atoms with E-state index in [1.54, 1.807) is 26.8 Å². The van der Waals surface area contributed by atoms with Crippen LogP contribution in [0.3, 0.4) is 0 Å². The Kier molecular flexibility index (Phi) is 7.33. The molecule has 0 aliphatic carbocycles. The fourth-order valence-electron chi connectivity index (χ4n) is 1.54. The first kappa shape index (κ1) is 20.1. The predicted octanol–water partition coefficient (Wildman–Crippen LogP) is 2.97. The third-order valence-electron chi connectivity index (χ3n) is 3.39. The fraction of sp³-hybridized carbons (Fsp3) is 0.438. The number of nitrogens with one attached hydrogen (secondary N) is 1. The molecular formula is C16H18Cl2N2O4. The van der Waals surface area contributed by atoms with Crippen molar-refractivity contribution in [3.63, 3.8) is 0 Å². The molecule has 0 aliphatic heterocycles. The highest BCUT2D eigenvalue weighted by Crippen LogP contribution is 2.27. The summed E-state index contributed by atoms with van der Waals surface area (Å²) in [4.78, 5) is 23.4. The molecule has 1 amide bonds. The average molecular weight is 373 g/mol. The molecule has 0 unspecified atom stereocenters. The van der Waals surface area contributed by atoms with E-state index in [9.17, 15) is 9.59 Å². The minimum absolute atomic E-state index is 0.0995. The van der Waals surface area contributed by atoms with Crippen LogP contribution in [0.1, 0.15) is 20.8 Å². The number of ether oxygens (including phenoxy) is 2. The molecular weight excluding hydrogens is 355 g/mol. The first-order valence-electron chi connectivity index (χ1n) is 7.13. The van der Waals surface area contributed by atoms with Crippen molar-refractivity contribution in [1.82, 2.24) is 5.32 Å². The van der Waals surface area contributed by atoms with E-state index >= 15 is 0 Å². The molecule has 1 atom stereocenters. The lowest BCUT2D eigenvalue weighted by molar-refractivity contribution is -0.150. The summed E-state index contributed by atoms with van der Waals surface area (Å²) in [7, 11) is 0. The van der Waals surface area contributed by atoms with Gasteiger partial charge in [0.15, 0.2) is 13.2 Å². The zero-order valence-corrected chi connectivity index (χ0v) is 15.1. The van der Waals surface area contributed by atoms with Crippen molar-refractivity contribution in [2.75, 3.05) is 13.2 Å². The summed E-state index contributed by atoms with van der Waals surface area (Å²) in [5.74, 6) is -1.12. The van der Waals surface area contributed by atoms with Gasteiger partial charge < -0.3 is 14.8 Å². The zero-order valence-electron chi connectivity index (χ0n) is 13.6. The standard InChI is InChI=1S/C16H18Cl2N2O4/c1-10(2)16(3,9-19)20-14(21)7-24-15(22)8-23-13-5-4-11(17)6-12(13)18/h4-6,10H,7-8H2,1-3H3,(H,20,21)/t16-/m0/s1. The minimum atomic E-state index is -1.03. The van der Waals surface area contributed by atoms with Crippen molar-refractivity contribution in [2.24, 2.45) is 5.92 Å². The number of esters is 1. The molecule has 130 valence electrons. The summed E-state index contributed by atoms with van der Waals surface area (Å²) in [5.41, 5.74) is -1.03. The highest BCUT2D eigenvalue weighted by Gasteiger charge is 2.30. The van der Waals surface area contributed by atoms with E-state index in [2.05, 4.69) is 5.32 Å². The number of hydrogen-bond donors (Lipinski definition) is 1. The molecule has 0 saturated heterocycles. The van der Waals surface area contributed by atoms with E-state index in [1.165, 1.54) is 12.1 Å². The topological polar surface area (TPSA) is 88.4 Å². The summed E-state index contributed by atoms with van der Waals surface area (Å²) >= 11 is 11.7. The van der Waals surface area contributed by atoms with Crippen LogP contribution in [-0.4, -0.2) is 30.6 Å². The molecule has 1 rings (SSSR count). The molecule has 24 heavy (non-hydrogen) atoms. The maximum atomic E-state index is 11.8. The SMILES string of the molecule is CC(C)[C@](C)(C#N)NC(=O)COC(=O)COc1ccc(Cl)cc1Cl. The Morgan fingerprint density at radius 1 is 1.33 bits per heavy atom. The van der Waals surface area contributed by atoms with Gasteiger partial charge in [-0.3, -0.25) is 4.79 Å². The second-order valence-electron chi connectivity index (χ2n) is 5.54. The average Bonchev–Trinajstić information content (AvgIpc) is 2.51. The lowest BCUT2D eigenvalue weighted by Crippen LogP contribution is -2.50. The van der Waals surface area contributed by atoms with Gasteiger partial charge in [-0.15, -0.1) is 0 Å². The van der Waals surface area contributed by atoms with Crippen molar-refractivity contribution in [3.05, 3.63) is 28.2 Å². The fourth-order valence-corrected chi connectivity index (χ4v) is 2.01. The quantitative estimate of drug-likeness (QED) is 0.743. The third-order valence-corrected chi connectivity index (χ3v) is 3.92. The molecule has 8 heteroatoms.